The predicted molar refractivity (Wildman–Crippen MR) is 143 cm³/mol. The molecule has 3 aromatic carbocycles. The molecule has 9 nitrogen and oxygen atoms in total. The van der Waals surface area contributed by atoms with Crippen molar-refractivity contribution in [2.24, 2.45) is 0 Å². The van der Waals surface area contributed by atoms with Crippen LogP contribution in [-0.2, 0) is 28.9 Å². The van der Waals surface area contributed by atoms with Gasteiger partial charge in [-0.15, -0.1) is 0 Å². The quantitative estimate of drug-likeness (QED) is 0.219. The topological polar surface area (TPSA) is 133 Å². The van der Waals surface area contributed by atoms with E-state index >= 15 is 0 Å². The zero-order valence-corrected chi connectivity index (χ0v) is 21.4. The van der Waals surface area contributed by atoms with Crippen LogP contribution in [0.2, 0.25) is 0 Å². The summed E-state index contributed by atoms with van der Waals surface area (Å²) in [4.78, 5) is 26.0. The molecule has 0 bridgehead atoms. The normalized spacial score (nSPS) is 16.6. The molecule has 198 valence electrons. The van der Waals surface area contributed by atoms with E-state index in [9.17, 15) is 14.7 Å². The van der Waals surface area contributed by atoms with Gasteiger partial charge in [-0.2, -0.15) is 0 Å². The van der Waals surface area contributed by atoms with Crippen LogP contribution in [0.25, 0.3) is 0 Å². The molecule has 3 atom stereocenters. The van der Waals surface area contributed by atoms with Crippen LogP contribution in [0.4, 0.5) is 0 Å². The number of guanidine groups is 1. The molecule has 0 spiro atoms. The predicted octanol–water partition coefficient (Wildman–Crippen LogP) is 2.27. The highest BCUT2D eigenvalue weighted by Gasteiger charge is 2.33. The highest BCUT2D eigenvalue weighted by molar-refractivity contribution is 5.98. The Kier molecular flexibility index (Phi) is 8.60. The van der Waals surface area contributed by atoms with Crippen molar-refractivity contribution in [3.63, 3.8) is 0 Å². The number of rotatable bonds is 9. The molecule has 4 rings (SSSR count). The first-order valence-electron chi connectivity index (χ1n) is 12.3. The summed E-state index contributed by atoms with van der Waals surface area (Å²) in [7, 11) is 3.05. The third kappa shape index (κ3) is 6.49. The van der Waals surface area contributed by atoms with Crippen molar-refractivity contribution in [1.29, 1.82) is 5.41 Å². The van der Waals surface area contributed by atoms with Crippen LogP contribution in [-0.4, -0.2) is 49.2 Å². The summed E-state index contributed by atoms with van der Waals surface area (Å²) in [5.74, 6) is -0.0433. The van der Waals surface area contributed by atoms with Gasteiger partial charge in [0.1, 0.15) is 6.04 Å². The maximum Gasteiger partial charge on any atom is 0.243 e. The van der Waals surface area contributed by atoms with Crippen molar-refractivity contribution >= 4 is 17.8 Å². The first-order valence-corrected chi connectivity index (χ1v) is 12.3. The van der Waals surface area contributed by atoms with Gasteiger partial charge in [0.25, 0.3) is 0 Å². The molecule has 2 amide bonds. The highest BCUT2D eigenvalue weighted by atomic mass is 16.5. The van der Waals surface area contributed by atoms with Crippen LogP contribution in [0.1, 0.15) is 28.3 Å². The van der Waals surface area contributed by atoms with Crippen LogP contribution >= 0.6 is 0 Å². The summed E-state index contributed by atoms with van der Waals surface area (Å²) in [5, 5.41) is 27.2. The molecule has 1 unspecified atom stereocenters. The van der Waals surface area contributed by atoms with Gasteiger partial charge < -0.3 is 25.2 Å². The number of fused-ring (bicyclic) bond motifs is 1. The fraction of sp³-hybridized carbons (Fsp3) is 0.276. The van der Waals surface area contributed by atoms with Crippen molar-refractivity contribution < 1.29 is 24.2 Å². The average molecular weight is 517 g/mol. The van der Waals surface area contributed by atoms with Gasteiger partial charge in [0.15, 0.2) is 17.5 Å². The van der Waals surface area contributed by atoms with Gasteiger partial charge in [-0.3, -0.25) is 20.3 Å². The first kappa shape index (κ1) is 26.7. The highest BCUT2D eigenvalue weighted by Crippen LogP contribution is 2.31. The maximum absolute atomic E-state index is 13.4. The third-order valence-electron chi connectivity index (χ3n) is 6.50. The fourth-order valence-electron chi connectivity index (χ4n) is 4.63. The summed E-state index contributed by atoms with van der Waals surface area (Å²) in [6, 6.07) is 20.8. The number of carbonyl (C=O) groups is 2. The van der Waals surface area contributed by atoms with Gasteiger partial charge in [-0.05, 0) is 34.4 Å². The largest absolute Gasteiger partial charge is 0.493 e. The van der Waals surface area contributed by atoms with E-state index in [0.717, 1.165) is 16.7 Å². The van der Waals surface area contributed by atoms with Crippen LogP contribution < -0.4 is 25.4 Å². The van der Waals surface area contributed by atoms with Crippen molar-refractivity contribution in [1.82, 2.24) is 16.0 Å². The second kappa shape index (κ2) is 12.2. The zero-order chi connectivity index (χ0) is 27.1. The standard InChI is InChI=1S/C29H32N4O5/c1-37-24-13-12-19(15-25(24)38-2)16-26(35)32-29(30)31-22(14-18-8-4-3-5-9-18)28(36)33-27-21-11-7-6-10-20(21)17-23(27)34/h3-13,15,22-23,27,34H,14,16-17H2,1-2H3,(H,33,36)(H3,30,31,32,35)/t22-,23?,27+/m1/s1. The Hall–Kier alpha value is -4.37. The molecule has 0 aromatic heterocycles. The number of carbonyl (C=O) groups excluding carboxylic acids is 2. The lowest BCUT2D eigenvalue weighted by Crippen LogP contribution is -2.53. The monoisotopic (exact) mass is 516 g/mol. The van der Waals surface area contributed by atoms with Crippen molar-refractivity contribution in [2.45, 2.75) is 37.5 Å². The number of hydrogen-bond donors (Lipinski definition) is 5. The molecule has 9 heteroatoms. The van der Waals surface area contributed by atoms with E-state index in [1.165, 1.54) is 14.2 Å². The Labute approximate surface area is 221 Å². The van der Waals surface area contributed by atoms with Gasteiger partial charge in [-0.25, -0.2) is 0 Å². The Morgan fingerprint density at radius 3 is 2.42 bits per heavy atom. The Balaban J connectivity index is 1.43. The molecule has 0 heterocycles. The average Bonchev–Trinajstić information content (AvgIpc) is 3.23. The SMILES string of the molecule is COc1ccc(CC(=O)NC(=N)N[C@H](Cc2ccccc2)C(=O)N[C@H]2c3ccccc3CC2O)cc1OC. The van der Waals surface area contributed by atoms with E-state index in [0.29, 0.717) is 23.5 Å². The van der Waals surface area contributed by atoms with E-state index < -0.39 is 24.1 Å². The molecule has 5 N–H and O–H groups in total. The molecule has 0 fully saturated rings. The number of hydrogen-bond acceptors (Lipinski definition) is 6. The van der Waals surface area contributed by atoms with Crippen LogP contribution in [0.15, 0.2) is 72.8 Å². The Bertz CT molecular complexity index is 1300. The molecule has 1 aliphatic carbocycles. The summed E-state index contributed by atoms with van der Waals surface area (Å²) >= 11 is 0. The first-order chi connectivity index (χ1) is 18.4. The number of amides is 2. The van der Waals surface area contributed by atoms with Crippen LogP contribution in [0, 0.1) is 5.41 Å². The van der Waals surface area contributed by atoms with Gasteiger partial charge in [-0.1, -0.05) is 60.7 Å². The molecular weight excluding hydrogens is 484 g/mol. The van der Waals surface area contributed by atoms with Crippen LogP contribution in [0.3, 0.4) is 0 Å². The second-order valence-electron chi connectivity index (χ2n) is 9.13. The van der Waals surface area contributed by atoms with E-state index in [2.05, 4.69) is 16.0 Å². The molecule has 3 aromatic rings. The second-order valence-corrected chi connectivity index (χ2v) is 9.13. The van der Waals surface area contributed by atoms with Crippen LogP contribution in [0.5, 0.6) is 11.5 Å². The minimum Gasteiger partial charge on any atom is -0.493 e. The number of ether oxygens (including phenoxy) is 2. The number of nitrogens with one attached hydrogen (secondary N) is 4. The van der Waals surface area contributed by atoms with E-state index in [4.69, 9.17) is 14.9 Å². The van der Waals surface area contributed by atoms with Gasteiger partial charge in [0.05, 0.1) is 32.8 Å². The molecule has 0 aliphatic heterocycles. The Morgan fingerprint density at radius 2 is 1.68 bits per heavy atom. The van der Waals surface area contributed by atoms with Gasteiger partial charge >= 0.3 is 0 Å². The van der Waals surface area contributed by atoms with E-state index in [-0.39, 0.29) is 24.7 Å². The third-order valence-corrected chi connectivity index (χ3v) is 6.50. The molecule has 0 radical (unpaired) electrons. The fourth-order valence-corrected chi connectivity index (χ4v) is 4.63. The summed E-state index contributed by atoms with van der Waals surface area (Å²) < 4.78 is 10.5. The van der Waals surface area contributed by atoms with E-state index in [1.54, 1.807) is 18.2 Å². The molecular formula is C29H32N4O5. The molecule has 38 heavy (non-hydrogen) atoms. The van der Waals surface area contributed by atoms with Gasteiger partial charge in [0.2, 0.25) is 11.8 Å². The number of aliphatic hydroxyl groups is 1. The minimum atomic E-state index is -0.855. The van der Waals surface area contributed by atoms with Crippen molar-refractivity contribution in [2.75, 3.05) is 14.2 Å². The Morgan fingerprint density at radius 1 is 0.974 bits per heavy atom. The lowest BCUT2D eigenvalue weighted by Gasteiger charge is -2.24. The molecule has 0 saturated carbocycles. The molecule has 1 aliphatic rings. The van der Waals surface area contributed by atoms with Crippen molar-refractivity contribution in [3.05, 3.63) is 95.1 Å². The van der Waals surface area contributed by atoms with Crippen molar-refractivity contribution in [3.8, 4) is 11.5 Å². The molecule has 0 saturated heterocycles. The zero-order valence-electron chi connectivity index (χ0n) is 21.4. The maximum atomic E-state index is 13.4. The number of benzene rings is 3. The smallest absolute Gasteiger partial charge is 0.243 e. The lowest BCUT2D eigenvalue weighted by atomic mass is 10.0. The minimum absolute atomic E-state index is 0.00497. The number of methoxy groups -OCH3 is 2. The number of aliphatic hydroxyl groups excluding tert-OH is 1. The summed E-state index contributed by atoms with van der Waals surface area (Å²) in [6.45, 7) is 0. The summed E-state index contributed by atoms with van der Waals surface area (Å²) in [5.41, 5.74) is 3.44. The van der Waals surface area contributed by atoms with E-state index in [1.807, 2.05) is 54.6 Å². The lowest BCUT2D eigenvalue weighted by molar-refractivity contribution is -0.124. The van der Waals surface area contributed by atoms with Gasteiger partial charge in [0, 0.05) is 12.8 Å². The summed E-state index contributed by atoms with van der Waals surface area (Å²) in [6.07, 6.45) is 0.00471.